The van der Waals surface area contributed by atoms with Gasteiger partial charge in [0.2, 0.25) is 0 Å². The Hall–Kier alpha value is -0.930. The highest BCUT2D eigenvalue weighted by Crippen LogP contribution is 2.07. The van der Waals surface area contributed by atoms with Crippen molar-refractivity contribution >= 4 is 0 Å². The Morgan fingerprint density at radius 3 is 1.93 bits per heavy atom. The predicted octanol–water partition coefficient (Wildman–Crippen LogP) is 2.12. The molecule has 0 aliphatic carbocycles. The maximum Gasteiger partial charge on any atom is 0.0575 e. The highest BCUT2D eigenvalue weighted by Gasteiger charge is 2.06. The molecule has 0 spiro atoms. The quantitative estimate of drug-likeness (QED) is 0.684. The minimum absolute atomic E-state index is 1.12. The molecule has 2 heterocycles. The molecule has 3 heteroatoms. The van der Waals surface area contributed by atoms with E-state index in [1.165, 1.54) is 19.3 Å². The summed E-state index contributed by atoms with van der Waals surface area (Å²) in [7, 11) is 1.74. The lowest BCUT2D eigenvalue weighted by Crippen LogP contribution is -2.28. The van der Waals surface area contributed by atoms with Crippen LogP contribution in [0.15, 0.2) is 30.6 Å². The van der Waals surface area contributed by atoms with E-state index < -0.39 is 0 Å². The number of hydrogen-bond acceptors (Lipinski definition) is 3. The van der Waals surface area contributed by atoms with Gasteiger partial charge in [0, 0.05) is 25.5 Å². The second-order valence-corrected chi connectivity index (χ2v) is 3.20. The smallest absolute Gasteiger partial charge is 0.0575 e. The zero-order chi connectivity index (χ0) is 10.1. The molecule has 0 atom stereocenters. The van der Waals surface area contributed by atoms with E-state index in [9.17, 15) is 0 Å². The molecule has 1 aliphatic heterocycles. The van der Waals surface area contributed by atoms with E-state index in [1.807, 2.05) is 23.3 Å². The third-order valence-corrected chi connectivity index (χ3v) is 2.14. The van der Waals surface area contributed by atoms with Crippen LogP contribution in [0.5, 0.6) is 0 Å². The van der Waals surface area contributed by atoms with Gasteiger partial charge in [0.25, 0.3) is 0 Å². The van der Waals surface area contributed by atoms with E-state index in [0.717, 1.165) is 13.1 Å². The summed E-state index contributed by atoms with van der Waals surface area (Å²) in [5.74, 6) is 0. The SMILES string of the molecule is CON1CCCCC1.c1ccncc1. The lowest BCUT2D eigenvalue weighted by atomic mass is 10.2. The standard InChI is InChI=1S/C6H13NO.C5H5N/c1-8-7-5-3-2-4-6-7;1-2-4-6-5-3-1/h2-6H2,1H3;1-5H. The number of hydroxylamine groups is 2. The second-order valence-electron chi connectivity index (χ2n) is 3.20. The summed E-state index contributed by atoms with van der Waals surface area (Å²) in [6.07, 6.45) is 7.47. The van der Waals surface area contributed by atoms with Gasteiger partial charge in [-0.1, -0.05) is 12.5 Å². The molecule has 0 amide bonds. The summed E-state index contributed by atoms with van der Waals surface area (Å²) in [6.45, 7) is 2.24. The van der Waals surface area contributed by atoms with E-state index in [1.54, 1.807) is 19.5 Å². The van der Waals surface area contributed by atoms with Gasteiger partial charge in [-0.25, -0.2) is 0 Å². The van der Waals surface area contributed by atoms with Crippen molar-refractivity contribution in [3.63, 3.8) is 0 Å². The van der Waals surface area contributed by atoms with Crippen LogP contribution in [-0.4, -0.2) is 30.2 Å². The summed E-state index contributed by atoms with van der Waals surface area (Å²) in [4.78, 5) is 8.81. The zero-order valence-electron chi connectivity index (χ0n) is 8.72. The van der Waals surface area contributed by atoms with Crippen molar-refractivity contribution in [2.45, 2.75) is 19.3 Å². The molecule has 1 aliphatic rings. The minimum Gasteiger partial charge on any atom is -0.302 e. The highest BCUT2D eigenvalue weighted by atomic mass is 16.7. The number of rotatable bonds is 1. The van der Waals surface area contributed by atoms with E-state index in [2.05, 4.69) is 4.98 Å². The molecule has 2 rings (SSSR count). The summed E-state index contributed by atoms with van der Waals surface area (Å²) >= 11 is 0. The van der Waals surface area contributed by atoms with E-state index in [-0.39, 0.29) is 0 Å². The second kappa shape index (κ2) is 7.47. The van der Waals surface area contributed by atoms with Gasteiger partial charge in [0.15, 0.2) is 0 Å². The monoisotopic (exact) mass is 194 g/mol. The topological polar surface area (TPSA) is 25.4 Å². The van der Waals surface area contributed by atoms with E-state index in [0.29, 0.717) is 0 Å². The van der Waals surface area contributed by atoms with Crippen molar-refractivity contribution in [1.82, 2.24) is 10.0 Å². The fourth-order valence-electron chi connectivity index (χ4n) is 1.36. The van der Waals surface area contributed by atoms with Crippen LogP contribution in [-0.2, 0) is 4.84 Å². The van der Waals surface area contributed by atoms with Crippen LogP contribution in [0, 0.1) is 0 Å². The number of aromatic nitrogens is 1. The van der Waals surface area contributed by atoms with Gasteiger partial charge < -0.3 is 4.84 Å². The molecular weight excluding hydrogens is 176 g/mol. The number of hydrogen-bond donors (Lipinski definition) is 0. The van der Waals surface area contributed by atoms with Gasteiger partial charge in [-0.05, 0) is 25.0 Å². The molecule has 1 aromatic rings. The molecule has 0 radical (unpaired) electrons. The number of pyridine rings is 1. The summed E-state index contributed by atoms with van der Waals surface area (Å²) in [6, 6.07) is 5.72. The third kappa shape index (κ3) is 4.94. The molecule has 14 heavy (non-hydrogen) atoms. The number of piperidine rings is 1. The first kappa shape index (κ1) is 11.1. The summed E-state index contributed by atoms with van der Waals surface area (Å²) in [5, 5.41) is 2.02. The van der Waals surface area contributed by atoms with Crippen molar-refractivity contribution < 1.29 is 4.84 Å². The molecule has 0 N–H and O–H groups in total. The Morgan fingerprint density at radius 1 is 1.00 bits per heavy atom. The Balaban J connectivity index is 0.000000146. The van der Waals surface area contributed by atoms with Crippen molar-refractivity contribution in [2.75, 3.05) is 20.2 Å². The molecule has 0 aromatic carbocycles. The minimum atomic E-state index is 1.12. The molecule has 78 valence electrons. The summed E-state index contributed by atoms with van der Waals surface area (Å²) in [5.41, 5.74) is 0. The van der Waals surface area contributed by atoms with Gasteiger partial charge in [-0.15, -0.1) is 0 Å². The van der Waals surface area contributed by atoms with Gasteiger partial charge in [0.1, 0.15) is 0 Å². The molecular formula is C11H18N2O. The summed E-state index contributed by atoms with van der Waals surface area (Å²) < 4.78 is 0. The first-order valence-corrected chi connectivity index (χ1v) is 5.07. The maximum atomic E-state index is 5.02. The lowest BCUT2D eigenvalue weighted by Gasteiger charge is -2.23. The normalized spacial score (nSPS) is 16.9. The average Bonchev–Trinajstić information content (AvgIpc) is 2.33. The molecule has 0 bridgehead atoms. The fraction of sp³-hybridized carbons (Fsp3) is 0.545. The fourth-order valence-corrected chi connectivity index (χ4v) is 1.36. The van der Waals surface area contributed by atoms with Crippen LogP contribution >= 0.6 is 0 Å². The molecule has 1 fully saturated rings. The Labute approximate surface area is 85.7 Å². The Kier molecular flexibility index (Phi) is 5.95. The zero-order valence-corrected chi connectivity index (χ0v) is 8.72. The van der Waals surface area contributed by atoms with E-state index in [4.69, 9.17) is 4.84 Å². The predicted molar refractivity (Wildman–Crippen MR) is 56.7 cm³/mol. The molecule has 1 aromatic heterocycles. The molecule has 0 saturated carbocycles. The Morgan fingerprint density at radius 2 is 1.64 bits per heavy atom. The largest absolute Gasteiger partial charge is 0.302 e. The van der Waals surface area contributed by atoms with Crippen LogP contribution in [0.25, 0.3) is 0 Å². The van der Waals surface area contributed by atoms with Gasteiger partial charge >= 0.3 is 0 Å². The van der Waals surface area contributed by atoms with Crippen molar-refractivity contribution in [2.24, 2.45) is 0 Å². The van der Waals surface area contributed by atoms with Gasteiger partial charge in [0.05, 0.1) is 7.11 Å². The Bertz CT molecular complexity index is 183. The first-order chi connectivity index (χ1) is 6.93. The highest BCUT2D eigenvalue weighted by molar-refractivity contribution is 4.88. The van der Waals surface area contributed by atoms with Crippen LogP contribution in [0.4, 0.5) is 0 Å². The van der Waals surface area contributed by atoms with Crippen molar-refractivity contribution in [3.8, 4) is 0 Å². The van der Waals surface area contributed by atoms with Gasteiger partial charge in [-0.2, -0.15) is 5.06 Å². The van der Waals surface area contributed by atoms with Crippen LogP contribution < -0.4 is 0 Å². The van der Waals surface area contributed by atoms with Crippen LogP contribution in [0.1, 0.15) is 19.3 Å². The van der Waals surface area contributed by atoms with Gasteiger partial charge in [-0.3, -0.25) is 4.98 Å². The average molecular weight is 194 g/mol. The van der Waals surface area contributed by atoms with Crippen LogP contribution in [0.3, 0.4) is 0 Å². The molecule has 0 unspecified atom stereocenters. The van der Waals surface area contributed by atoms with Crippen LogP contribution in [0.2, 0.25) is 0 Å². The third-order valence-electron chi connectivity index (χ3n) is 2.14. The van der Waals surface area contributed by atoms with Crippen molar-refractivity contribution in [3.05, 3.63) is 30.6 Å². The molecule has 3 nitrogen and oxygen atoms in total. The first-order valence-electron chi connectivity index (χ1n) is 5.07. The number of nitrogens with zero attached hydrogens (tertiary/aromatic N) is 2. The maximum absolute atomic E-state index is 5.02. The molecule has 1 saturated heterocycles. The lowest BCUT2D eigenvalue weighted by molar-refractivity contribution is -0.141. The van der Waals surface area contributed by atoms with E-state index >= 15 is 0 Å². The van der Waals surface area contributed by atoms with Crippen molar-refractivity contribution in [1.29, 1.82) is 0 Å².